The van der Waals surface area contributed by atoms with Crippen LogP contribution in [0, 0.1) is 17.0 Å². The number of nitro benzene ring substituents is 1. The van der Waals surface area contributed by atoms with Crippen LogP contribution in [0.25, 0.3) is 5.69 Å². The van der Waals surface area contributed by atoms with E-state index in [4.69, 9.17) is 9.15 Å². The molecule has 0 aliphatic rings. The van der Waals surface area contributed by atoms with Crippen LogP contribution in [0.5, 0.6) is 5.75 Å². The molecular weight excluding hydrogens is 422 g/mol. The van der Waals surface area contributed by atoms with Gasteiger partial charge in [-0.1, -0.05) is 12.1 Å². The lowest BCUT2D eigenvalue weighted by molar-refractivity contribution is -0.385. The number of carbonyl (C=O) groups excluding carboxylic acids is 1. The third-order valence-electron chi connectivity index (χ3n) is 5.25. The molecule has 0 radical (unpaired) electrons. The molecule has 0 fully saturated rings. The summed E-state index contributed by atoms with van der Waals surface area (Å²) in [6.07, 6.45) is 3.93. The molecule has 1 atom stereocenters. The monoisotopic (exact) mass is 445 g/mol. The quantitative estimate of drug-likeness (QED) is 0.291. The number of aromatic nitrogens is 1. The van der Waals surface area contributed by atoms with Crippen molar-refractivity contribution < 1.29 is 18.9 Å². The number of benzene rings is 2. The standard InChI is InChI=1S/C25H23N3O5/c1-17-14-21(8-10-23(17)28(30)31)32-16-22-9-11-24(33-22)25(29)26-18(2)19-6-5-7-20(15-19)27-12-3-4-13-27/h3-15,18H,16H2,1-2H3,(H,26,29). The molecule has 0 saturated carbocycles. The molecule has 33 heavy (non-hydrogen) atoms. The number of hydrogen-bond donors (Lipinski definition) is 1. The molecule has 8 nitrogen and oxygen atoms in total. The van der Waals surface area contributed by atoms with E-state index in [9.17, 15) is 14.9 Å². The summed E-state index contributed by atoms with van der Waals surface area (Å²) in [5, 5.41) is 13.9. The second-order valence-electron chi connectivity index (χ2n) is 7.64. The first-order chi connectivity index (χ1) is 15.9. The fourth-order valence-corrected chi connectivity index (χ4v) is 3.47. The normalized spacial score (nSPS) is 11.7. The Morgan fingerprint density at radius 2 is 1.91 bits per heavy atom. The van der Waals surface area contributed by atoms with Crippen molar-refractivity contribution in [3.8, 4) is 11.4 Å². The zero-order valence-electron chi connectivity index (χ0n) is 18.2. The number of furan rings is 1. The number of rotatable bonds is 8. The van der Waals surface area contributed by atoms with Crippen molar-refractivity contribution in [2.24, 2.45) is 0 Å². The van der Waals surface area contributed by atoms with Gasteiger partial charge in [-0.15, -0.1) is 0 Å². The predicted molar refractivity (Wildman–Crippen MR) is 123 cm³/mol. The molecule has 2 heterocycles. The van der Waals surface area contributed by atoms with Gasteiger partial charge >= 0.3 is 0 Å². The molecule has 1 unspecified atom stereocenters. The molecule has 8 heteroatoms. The number of ether oxygens (including phenoxy) is 1. The number of hydrogen-bond acceptors (Lipinski definition) is 5. The van der Waals surface area contributed by atoms with Crippen LogP contribution in [0.2, 0.25) is 0 Å². The van der Waals surface area contributed by atoms with Crippen LogP contribution in [0.1, 0.15) is 40.4 Å². The van der Waals surface area contributed by atoms with Crippen LogP contribution in [0.4, 0.5) is 5.69 Å². The molecule has 0 saturated heterocycles. The van der Waals surface area contributed by atoms with Crippen LogP contribution in [0.3, 0.4) is 0 Å². The number of nitrogens with zero attached hydrogens (tertiary/aromatic N) is 2. The SMILES string of the molecule is Cc1cc(OCc2ccc(C(=O)NC(C)c3cccc(-n4cccc4)c3)o2)ccc1[N+](=O)[O-]. The number of nitro groups is 1. The summed E-state index contributed by atoms with van der Waals surface area (Å²) in [5.74, 6) is 0.809. The lowest BCUT2D eigenvalue weighted by Gasteiger charge is -2.15. The van der Waals surface area contributed by atoms with E-state index in [-0.39, 0.29) is 30.0 Å². The van der Waals surface area contributed by atoms with Gasteiger partial charge in [0.1, 0.15) is 18.1 Å². The minimum absolute atomic E-state index is 0.0346. The smallest absolute Gasteiger partial charge is 0.287 e. The van der Waals surface area contributed by atoms with E-state index < -0.39 is 4.92 Å². The largest absolute Gasteiger partial charge is 0.486 e. The highest BCUT2D eigenvalue weighted by Crippen LogP contribution is 2.24. The van der Waals surface area contributed by atoms with Crippen LogP contribution in [0.15, 0.2) is 83.5 Å². The van der Waals surface area contributed by atoms with E-state index in [1.54, 1.807) is 25.1 Å². The van der Waals surface area contributed by atoms with Crippen molar-refractivity contribution >= 4 is 11.6 Å². The van der Waals surface area contributed by atoms with Crippen molar-refractivity contribution in [3.05, 3.63) is 112 Å². The molecule has 0 aliphatic heterocycles. The van der Waals surface area contributed by atoms with Crippen molar-refractivity contribution in [3.63, 3.8) is 0 Å². The second-order valence-corrected chi connectivity index (χ2v) is 7.64. The van der Waals surface area contributed by atoms with E-state index in [1.807, 2.05) is 60.3 Å². The third kappa shape index (κ3) is 5.12. The molecule has 0 aliphatic carbocycles. The molecule has 168 valence electrons. The lowest BCUT2D eigenvalue weighted by atomic mass is 10.1. The van der Waals surface area contributed by atoms with Gasteiger partial charge in [-0.2, -0.15) is 0 Å². The first-order valence-corrected chi connectivity index (χ1v) is 10.4. The maximum Gasteiger partial charge on any atom is 0.287 e. The van der Waals surface area contributed by atoms with Crippen LogP contribution >= 0.6 is 0 Å². The van der Waals surface area contributed by atoms with Gasteiger partial charge in [0, 0.05) is 29.7 Å². The second kappa shape index (κ2) is 9.44. The Bertz CT molecular complexity index is 1280. The van der Waals surface area contributed by atoms with Crippen LogP contribution < -0.4 is 10.1 Å². The van der Waals surface area contributed by atoms with Gasteiger partial charge in [0.05, 0.1) is 11.0 Å². The van der Waals surface area contributed by atoms with Crippen molar-refractivity contribution in [1.82, 2.24) is 9.88 Å². The van der Waals surface area contributed by atoms with E-state index in [0.29, 0.717) is 17.1 Å². The van der Waals surface area contributed by atoms with Gasteiger partial charge in [0.25, 0.3) is 11.6 Å². The Morgan fingerprint density at radius 3 is 2.64 bits per heavy atom. The van der Waals surface area contributed by atoms with Gasteiger partial charge < -0.3 is 19.0 Å². The fourth-order valence-electron chi connectivity index (χ4n) is 3.47. The molecule has 1 amide bonds. The molecule has 4 aromatic rings. The van der Waals surface area contributed by atoms with Gasteiger partial charge in [-0.05, 0) is 67.9 Å². The lowest BCUT2D eigenvalue weighted by Crippen LogP contribution is -2.26. The Morgan fingerprint density at radius 1 is 1.12 bits per heavy atom. The van der Waals surface area contributed by atoms with Gasteiger partial charge in [0.15, 0.2) is 5.76 Å². The summed E-state index contributed by atoms with van der Waals surface area (Å²) in [6, 6.07) is 19.4. The molecule has 0 bridgehead atoms. The van der Waals surface area contributed by atoms with Crippen molar-refractivity contribution in [2.45, 2.75) is 26.5 Å². The average Bonchev–Trinajstić information content (AvgIpc) is 3.50. The summed E-state index contributed by atoms with van der Waals surface area (Å²) in [6.45, 7) is 3.66. The predicted octanol–water partition coefficient (Wildman–Crippen LogP) is 5.36. The summed E-state index contributed by atoms with van der Waals surface area (Å²) in [4.78, 5) is 23.2. The topological polar surface area (TPSA) is 99.5 Å². The number of amides is 1. The van der Waals surface area contributed by atoms with Crippen LogP contribution in [-0.4, -0.2) is 15.4 Å². The molecule has 0 spiro atoms. The molecule has 2 aromatic heterocycles. The van der Waals surface area contributed by atoms with Crippen LogP contribution in [-0.2, 0) is 6.61 Å². The van der Waals surface area contributed by atoms with E-state index in [0.717, 1.165) is 11.3 Å². The van der Waals surface area contributed by atoms with Gasteiger partial charge in [-0.25, -0.2) is 0 Å². The van der Waals surface area contributed by atoms with E-state index >= 15 is 0 Å². The average molecular weight is 445 g/mol. The molecule has 1 N–H and O–H groups in total. The Hall–Kier alpha value is -4.33. The maximum atomic E-state index is 12.7. The maximum absolute atomic E-state index is 12.7. The first kappa shape index (κ1) is 21.9. The summed E-state index contributed by atoms with van der Waals surface area (Å²) < 4.78 is 13.3. The summed E-state index contributed by atoms with van der Waals surface area (Å²) >= 11 is 0. The Kier molecular flexibility index (Phi) is 6.26. The molecule has 2 aromatic carbocycles. The Labute approximate surface area is 190 Å². The number of carbonyl (C=O) groups is 1. The highest BCUT2D eigenvalue weighted by molar-refractivity contribution is 5.91. The summed E-state index contributed by atoms with van der Waals surface area (Å²) in [5.41, 5.74) is 2.52. The highest BCUT2D eigenvalue weighted by Gasteiger charge is 2.16. The molecule has 4 rings (SSSR count). The van der Waals surface area contributed by atoms with E-state index in [2.05, 4.69) is 5.32 Å². The summed E-state index contributed by atoms with van der Waals surface area (Å²) in [7, 11) is 0. The third-order valence-corrected chi connectivity index (χ3v) is 5.25. The minimum atomic E-state index is -0.436. The van der Waals surface area contributed by atoms with Gasteiger partial charge in [-0.3, -0.25) is 14.9 Å². The fraction of sp³-hybridized carbons (Fsp3) is 0.160. The van der Waals surface area contributed by atoms with Gasteiger partial charge in [0.2, 0.25) is 0 Å². The number of nitrogens with one attached hydrogen (secondary N) is 1. The highest BCUT2D eigenvalue weighted by atomic mass is 16.6. The molecular formula is C25H23N3O5. The van der Waals surface area contributed by atoms with Crippen molar-refractivity contribution in [2.75, 3.05) is 0 Å². The minimum Gasteiger partial charge on any atom is -0.486 e. The van der Waals surface area contributed by atoms with Crippen molar-refractivity contribution in [1.29, 1.82) is 0 Å². The van der Waals surface area contributed by atoms with E-state index in [1.165, 1.54) is 12.1 Å². The number of aryl methyl sites for hydroxylation is 1. The Balaban J connectivity index is 1.36. The zero-order chi connectivity index (χ0) is 23.4. The first-order valence-electron chi connectivity index (χ1n) is 10.4. The zero-order valence-corrected chi connectivity index (χ0v) is 18.2.